The van der Waals surface area contributed by atoms with Crippen LogP contribution in [0.3, 0.4) is 0 Å². The Morgan fingerprint density at radius 3 is 2.78 bits per heavy atom. The summed E-state index contributed by atoms with van der Waals surface area (Å²) in [6.45, 7) is 0. The van der Waals surface area contributed by atoms with Crippen LogP contribution < -0.4 is 15.5 Å². The fourth-order valence-electron chi connectivity index (χ4n) is 4.29. The zero-order valence-electron chi connectivity index (χ0n) is 19.7. The molecule has 3 N–H and O–H groups in total. The predicted molar refractivity (Wildman–Crippen MR) is 139 cm³/mol. The van der Waals surface area contributed by atoms with Crippen molar-refractivity contribution in [3.05, 3.63) is 77.0 Å². The average molecular weight is 502 g/mol. The van der Waals surface area contributed by atoms with Crippen molar-refractivity contribution in [2.24, 2.45) is 0 Å². The summed E-state index contributed by atoms with van der Waals surface area (Å²) in [5, 5.41) is 22.9. The molecule has 1 aliphatic rings. The van der Waals surface area contributed by atoms with Gasteiger partial charge in [0.2, 0.25) is 11.9 Å². The molecule has 10 nitrogen and oxygen atoms in total. The van der Waals surface area contributed by atoms with Crippen molar-refractivity contribution in [2.75, 3.05) is 24.3 Å². The molecule has 1 atom stereocenters. The van der Waals surface area contributed by atoms with Crippen LogP contribution in [-0.4, -0.2) is 50.8 Å². The van der Waals surface area contributed by atoms with Crippen molar-refractivity contribution in [1.29, 1.82) is 5.41 Å². The van der Waals surface area contributed by atoms with E-state index in [9.17, 15) is 4.79 Å². The molecule has 0 spiro atoms. The van der Waals surface area contributed by atoms with Crippen LogP contribution in [0.4, 0.5) is 11.8 Å². The highest BCUT2D eigenvalue weighted by atomic mass is 35.5. The van der Waals surface area contributed by atoms with E-state index in [1.165, 1.54) is 6.21 Å². The third-order valence-electron chi connectivity index (χ3n) is 6.13. The van der Waals surface area contributed by atoms with E-state index < -0.39 is 0 Å². The molecule has 1 amide bonds. The molecule has 11 heteroatoms. The van der Waals surface area contributed by atoms with Crippen LogP contribution >= 0.6 is 11.6 Å². The first-order chi connectivity index (χ1) is 17.5. The SMILES string of the molecule is CN/C(=C\C=N)Nc1nccc(-c2cc3n4c(nnc4c2)C(Cc2ccc(Cl)cc2)CC(=O)N3C)n1. The molecule has 0 saturated carbocycles. The summed E-state index contributed by atoms with van der Waals surface area (Å²) >= 11 is 6.04. The molecule has 0 bridgehead atoms. The first kappa shape index (κ1) is 23.4. The molecule has 0 radical (unpaired) electrons. The number of rotatable bonds is 7. The van der Waals surface area contributed by atoms with Crippen LogP contribution in [0.2, 0.25) is 5.02 Å². The van der Waals surface area contributed by atoms with Crippen molar-refractivity contribution in [2.45, 2.75) is 18.8 Å². The fraction of sp³-hybridized carbons (Fsp3) is 0.200. The van der Waals surface area contributed by atoms with Gasteiger partial charge < -0.3 is 20.9 Å². The maximum absolute atomic E-state index is 13.2. The molecule has 1 aromatic carbocycles. The fourth-order valence-corrected chi connectivity index (χ4v) is 4.41. The number of nitrogens with zero attached hydrogens (tertiary/aromatic N) is 6. The predicted octanol–water partition coefficient (Wildman–Crippen LogP) is 3.65. The van der Waals surface area contributed by atoms with E-state index in [1.54, 1.807) is 37.3 Å². The number of hydrogen-bond acceptors (Lipinski definition) is 8. The summed E-state index contributed by atoms with van der Waals surface area (Å²) < 4.78 is 1.95. The highest BCUT2D eigenvalue weighted by Gasteiger charge is 2.30. The van der Waals surface area contributed by atoms with Crippen molar-refractivity contribution < 1.29 is 4.79 Å². The molecular weight excluding hydrogens is 478 g/mol. The zero-order chi connectivity index (χ0) is 25.2. The van der Waals surface area contributed by atoms with Gasteiger partial charge in [-0.3, -0.25) is 9.20 Å². The third-order valence-corrected chi connectivity index (χ3v) is 6.38. The van der Waals surface area contributed by atoms with Crippen molar-refractivity contribution >= 4 is 41.1 Å². The van der Waals surface area contributed by atoms with E-state index in [2.05, 4.69) is 30.8 Å². The number of nitrogens with one attached hydrogen (secondary N) is 3. The van der Waals surface area contributed by atoms with E-state index >= 15 is 0 Å². The Labute approximate surface area is 212 Å². The lowest BCUT2D eigenvalue weighted by atomic mass is 9.95. The second kappa shape index (κ2) is 9.74. The van der Waals surface area contributed by atoms with Gasteiger partial charge in [0.15, 0.2) is 5.65 Å². The number of anilines is 2. The second-order valence-corrected chi connectivity index (χ2v) is 8.86. The standard InChI is InChI=1S/C25H24ClN9O/c1-28-20(7-9-27)31-25-29-10-8-19(30-25)16-12-21-32-33-24-17(11-15-3-5-18(26)6-4-15)14-23(36)34(2)22(13-16)35(21)24/h3-10,12-13,17,27-28H,11,14H2,1-2H3,(H,29,30,31)/b20-7+,27-9?. The lowest BCUT2D eigenvalue weighted by Gasteiger charge is -2.17. The molecule has 3 aromatic heterocycles. The van der Waals surface area contributed by atoms with E-state index in [-0.39, 0.29) is 11.8 Å². The van der Waals surface area contributed by atoms with Gasteiger partial charge in [0.25, 0.3) is 0 Å². The van der Waals surface area contributed by atoms with Gasteiger partial charge in [-0.05, 0) is 48.4 Å². The van der Waals surface area contributed by atoms with Crippen LogP contribution in [0, 0.1) is 5.41 Å². The van der Waals surface area contributed by atoms with E-state index in [0.29, 0.717) is 46.8 Å². The molecule has 1 unspecified atom stereocenters. The quantitative estimate of drug-likeness (QED) is 0.330. The monoisotopic (exact) mass is 501 g/mol. The number of carbonyl (C=O) groups is 1. The molecule has 0 saturated heterocycles. The van der Waals surface area contributed by atoms with E-state index in [4.69, 9.17) is 17.0 Å². The molecule has 36 heavy (non-hydrogen) atoms. The van der Waals surface area contributed by atoms with Crippen LogP contribution in [0.5, 0.6) is 0 Å². The Balaban J connectivity index is 1.55. The number of pyridine rings is 1. The number of amides is 1. The molecule has 1 aliphatic heterocycles. The topological polar surface area (TPSA) is 124 Å². The minimum Gasteiger partial charge on any atom is -0.375 e. The number of benzene rings is 1. The Kier molecular flexibility index (Phi) is 6.34. The molecule has 0 fully saturated rings. The molecule has 4 aromatic rings. The van der Waals surface area contributed by atoms with Crippen molar-refractivity contribution in [1.82, 2.24) is 29.9 Å². The van der Waals surface area contributed by atoms with Crippen LogP contribution in [0.1, 0.15) is 23.7 Å². The summed E-state index contributed by atoms with van der Waals surface area (Å²) in [7, 11) is 3.51. The molecule has 0 aliphatic carbocycles. The van der Waals surface area contributed by atoms with Crippen LogP contribution in [0.25, 0.3) is 16.9 Å². The van der Waals surface area contributed by atoms with E-state index in [1.807, 2.05) is 40.8 Å². The number of aromatic nitrogens is 5. The smallest absolute Gasteiger partial charge is 0.228 e. The van der Waals surface area contributed by atoms with Gasteiger partial charge in [-0.1, -0.05) is 23.7 Å². The summed E-state index contributed by atoms with van der Waals surface area (Å²) in [5.41, 5.74) is 3.15. The van der Waals surface area contributed by atoms with Gasteiger partial charge >= 0.3 is 0 Å². The van der Waals surface area contributed by atoms with Crippen molar-refractivity contribution in [3.63, 3.8) is 0 Å². The first-order valence-corrected chi connectivity index (χ1v) is 11.7. The molecular formula is C25H24ClN9O. The highest BCUT2D eigenvalue weighted by molar-refractivity contribution is 6.30. The molecule has 182 valence electrons. The number of allylic oxidation sites excluding steroid dienone is 1. The Hall–Kier alpha value is -4.31. The number of halogens is 1. The van der Waals surface area contributed by atoms with Gasteiger partial charge in [-0.2, -0.15) is 0 Å². The molecule has 5 rings (SSSR count). The number of hydrogen-bond donors (Lipinski definition) is 3. The number of carbonyl (C=O) groups excluding carboxylic acids is 1. The first-order valence-electron chi connectivity index (χ1n) is 11.4. The van der Waals surface area contributed by atoms with Crippen molar-refractivity contribution in [3.8, 4) is 11.3 Å². The maximum Gasteiger partial charge on any atom is 0.228 e. The summed E-state index contributed by atoms with van der Waals surface area (Å²) in [6, 6.07) is 13.3. The highest BCUT2D eigenvalue weighted by Crippen LogP contribution is 2.34. The van der Waals surface area contributed by atoms with Crippen LogP contribution in [-0.2, 0) is 11.2 Å². The van der Waals surface area contributed by atoms with Crippen LogP contribution in [0.15, 0.2) is 60.6 Å². The largest absolute Gasteiger partial charge is 0.375 e. The maximum atomic E-state index is 13.2. The van der Waals surface area contributed by atoms with Gasteiger partial charge in [0.1, 0.15) is 17.5 Å². The Bertz CT molecular complexity index is 1480. The Morgan fingerprint density at radius 1 is 1.22 bits per heavy atom. The van der Waals surface area contributed by atoms with Gasteiger partial charge in [0.05, 0.1) is 5.69 Å². The van der Waals surface area contributed by atoms with Gasteiger partial charge in [0, 0.05) is 49.4 Å². The minimum atomic E-state index is -0.126. The summed E-state index contributed by atoms with van der Waals surface area (Å²) in [5.74, 6) is 2.26. The zero-order valence-corrected chi connectivity index (χ0v) is 20.5. The lowest BCUT2D eigenvalue weighted by molar-refractivity contribution is -0.118. The normalized spacial score (nSPS) is 15.6. The van der Waals surface area contributed by atoms with Gasteiger partial charge in [-0.15, -0.1) is 10.2 Å². The van der Waals surface area contributed by atoms with E-state index in [0.717, 1.165) is 17.0 Å². The summed E-state index contributed by atoms with van der Waals surface area (Å²) in [4.78, 5) is 23.7. The molecule has 4 heterocycles. The average Bonchev–Trinajstić information content (AvgIpc) is 3.28. The lowest BCUT2D eigenvalue weighted by Crippen LogP contribution is -2.27. The summed E-state index contributed by atoms with van der Waals surface area (Å²) in [6.07, 6.45) is 5.35. The minimum absolute atomic E-state index is 0.00148. The second-order valence-electron chi connectivity index (χ2n) is 8.43. The van der Waals surface area contributed by atoms with Gasteiger partial charge in [-0.25, -0.2) is 9.97 Å². The third kappa shape index (κ3) is 4.50. The Morgan fingerprint density at radius 2 is 2.03 bits per heavy atom.